The van der Waals surface area contributed by atoms with E-state index < -0.39 is 56.4 Å². The number of ether oxygens (including phenoxy) is 4. The van der Waals surface area contributed by atoms with Gasteiger partial charge in [-0.25, -0.2) is 4.79 Å². The van der Waals surface area contributed by atoms with Crippen molar-refractivity contribution < 1.29 is 33.0 Å². The van der Waals surface area contributed by atoms with Crippen LogP contribution in [0, 0.1) is 0 Å². The summed E-state index contributed by atoms with van der Waals surface area (Å²) >= 11 is 0. The normalized spacial score (nSPS) is 20.1. The number of amides is 1. The number of carbonyl (C=O) groups is 2. The van der Waals surface area contributed by atoms with Gasteiger partial charge in [0.1, 0.15) is 24.0 Å². The Balaban J connectivity index is 1.65. The molecule has 1 saturated heterocycles. The van der Waals surface area contributed by atoms with Gasteiger partial charge in [-0.15, -0.1) is 0 Å². The molecule has 1 fully saturated rings. The van der Waals surface area contributed by atoms with Gasteiger partial charge in [-0.1, -0.05) is 93.6 Å². The number of hydrogen-bond acceptors (Lipinski definition) is 8. The molecule has 0 aliphatic carbocycles. The van der Waals surface area contributed by atoms with E-state index in [-0.39, 0.29) is 5.04 Å². The van der Waals surface area contributed by atoms with Gasteiger partial charge < -0.3 is 34.4 Å². The van der Waals surface area contributed by atoms with Crippen molar-refractivity contribution in [3.63, 3.8) is 0 Å². The molecule has 1 aliphatic heterocycles. The first kappa shape index (κ1) is 34.3. The Kier molecular flexibility index (Phi) is 10.6. The van der Waals surface area contributed by atoms with E-state index in [0.717, 1.165) is 15.9 Å². The van der Waals surface area contributed by atoms with Crippen LogP contribution in [-0.4, -0.2) is 64.5 Å². The van der Waals surface area contributed by atoms with E-state index in [2.05, 4.69) is 50.4 Å². The standard InChI is InChI=1S/C35H46N2O7Si/c1-23(44-45(34(2,3)4,26-15-11-9-12-16-26)27-17-13-10-14-18-27)29(33(39)41-8)37-32(38)28(36)31-30(42-35(5,6)43-31)24-19-21-25(40-7)22-20-24/h9-23,28-31H,36H2,1-8H3,(H,37,38)/t23-,28+,29+,30+,31+/m1/s1. The minimum Gasteiger partial charge on any atom is -0.497 e. The van der Waals surface area contributed by atoms with Crippen molar-refractivity contribution in [1.29, 1.82) is 0 Å². The average Bonchev–Trinajstić information content (AvgIpc) is 3.36. The fourth-order valence-electron chi connectivity index (χ4n) is 6.03. The van der Waals surface area contributed by atoms with Crippen LogP contribution in [0.3, 0.4) is 0 Å². The number of esters is 1. The molecule has 3 aromatic carbocycles. The smallest absolute Gasteiger partial charge is 0.331 e. The van der Waals surface area contributed by atoms with E-state index in [9.17, 15) is 9.59 Å². The average molecular weight is 635 g/mol. The molecular weight excluding hydrogens is 588 g/mol. The van der Waals surface area contributed by atoms with Gasteiger partial charge in [0.15, 0.2) is 11.8 Å². The van der Waals surface area contributed by atoms with Crippen LogP contribution >= 0.6 is 0 Å². The van der Waals surface area contributed by atoms with Crippen LogP contribution in [0.1, 0.15) is 53.2 Å². The lowest BCUT2D eigenvalue weighted by Crippen LogP contribution is -2.69. The zero-order valence-electron chi connectivity index (χ0n) is 27.4. The molecule has 5 atom stereocenters. The molecule has 10 heteroatoms. The summed E-state index contributed by atoms with van der Waals surface area (Å²) < 4.78 is 29.9. The number of methoxy groups -OCH3 is 2. The fourth-order valence-corrected chi connectivity index (χ4v) is 10.7. The molecule has 0 unspecified atom stereocenters. The zero-order valence-corrected chi connectivity index (χ0v) is 28.4. The number of hydrogen-bond donors (Lipinski definition) is 2. The number of nitrogens with one attached hydrogen (secondary N) is 1. The Bertz CT molecular complexity index is 1390. The summed E-state index contributed by atoms with van der Waals surface area (Å²) in [6, 6.07) is 25.2. The van der Waals surface area contributed by atoms with Gasteiger partial charge in [-0.2, -0.15) is 0 Å². The lowest BCUT2D eigenvalue weighted by atomic mass is 9.98. The minimum absolute atomic E-state index is 0.350. The second kappa shape index (κ2) is 13.8. The van der Waals surface area contributed by atoms with Gasteiger partial charge in [0.05, 0.1) is 20.3 Å². The Labute approximate surface area is 267 Å². The van der Waals surface area contributed by atoms with E-state index in [4.69, 9.17) is 29.1 Å². The van der Waals surface area contributed by atoms with Gasteiger partial charge >= 0.3 is 5.97 Å². The third-order valence-corrected chi connectivity index (χ3v) is 13.4. The van der Waals surface area contributed by atoms with Gasteiger partial charge in [0.25, 0.3) is 8.32 Å². The van der Waals surface area contributed by atoms with E-state index in [1.54, 1.807) is 27.9 Å². The molecular formula is C35H46N2O7Si. The van der Waals surface area contributed by atoms with Crippen molar-refractivity contribution >= 4 is 30.6 Å². The van der Waals surface area contributed by atoms with Crippen LogP contribution in [-0.2, 0) is 28.2 Å². The van der Waals surface area contributed by atoms with Crippen LogP contribution in [0.2, 0.25) is 5.04 Å². The van der Waals surface area contributed by atoms with Crippen molar-refractivity contribution in [2.45, 2.75) is 82.8 Å². The molecule has 1 aliphatic rings. The molecule has 3 aromatic rings. The molecule has 1 heterocycles. The van der Waals surface area contributed by atoms with E-state index >= 15 is 0 Å². The quantitative estimate of drug-likeness (QED) is 0.241. The van der Waals surface area contributed by atoms with Crippen molar-refractivity contribution in [2.75, 3.05) is 14.2 Å². The van der Waals surface area contributed by atoms with Gasteiger partial charge in [-0.3, -0.25) is 4.79 Å². The molecule has 0 bridgehead atoms. The summed E-state index contributed by atoms with van der Waals surface area (Å²) in [5.41, 5.74) is 7.35. The number of nitrogens with two attached hydrogens (primary N) is 1. The first-order valence-electron chi connectivity index (χ1n) is 15.2. The topological polar surface area (TPSA) is 118 Å². The van der Waals surface area contributed by atoms with Crippen molar-refractivity contribution in [3.05, 3.63) is 90.5 Å². The Morgan fingerprint density at radius 3 is 1.89 bits per heavy atom. The molecule has 45 heavy (non-hydrogen) atoms. The highest BCUT2D eigenvalue weighted by molar-refractivity contribution is 6.99. The molecule has 0 aromatic heterocycles. The summed E-state index contributed by atoms with van der Waals surface area (Å²) in [5.74, 6) is -1.54. The second-order valence-corrected chi connectivity index (χ2v) is 17.1. The number of carbonyl (C=O) groups excluding carboxylic acids is 2. The van der Waals surface area contributed by atoms with Crippen molar-refractivity contribution in [1.82, 2.24) is 5.32 Å². The summed E-state index contributed by atoms with van der Waals surface area (Å²) in [7, 11) is -0.190. The monoisotopic (exact) mass is 634 g/mol. The third-order valence-electron chi connectivity index (χ3n) is 8.23. The van der Waals surface area contributed by atoms with Crippen LogP contribution in [0.4, 0.5) is 0 Å². The minimum atomic E-state index is -3.06. The zero-order chi connectivity index (χ0) is 33.0. The maximum atomic E-state index is 13.8. The van der Waals surface area contributed by atoms with Crippen LogP contribution in [0.15, 0.2) is 84.9 Å². The Morgan fingerprint density at radius 2 is 1.42 bits per heavy atom. The van der Waals surface area contributed by atoms with Crippen molar-refractivity contribution in [2.24, 2.45) is 5.73 Å². The molecule has 3 N–H and O–H groups in total. The summed E-state index contributed by atoms with van der Waals surface area (Å²) in [6.07, 6.45) is -2.25. The predicted molar refractivity (Wildman–Crippen MR) is 176 cm³/mol. The maximum Gasteiger partial charge on any atom is 0.331 e. The van der Waals surface area contributed by atoms with Crippen molar-refractivity contribution in [3.8, 4) is 5.75 Å². The highest BCUT2D eigenvalue weighted by atomic mass is 28.4. The van der Waals surface area contributed by atoms with E-state index in [1.165, 1.54) is 7.11 Å². The first-order valence-corrected chi connectivity index (χ1v) is 17.1. The fraction of sp³-hybridized carbons (Fsp3) is 0.429. The van der Waals surface area contributed by atoms with Gasteiger partial charge in [0, 0.05) is 0 Å². The SMILES string of the molecule is COC(=O)[C@@H](NC(=O)[C@@H](N)[C@@H]1OC(C)(C)O[C@H]1c1ccc(OC)cc1)[C@@H](C)O[Si](c1ccccc1)(c1ccccc1)C(C)(C)C. The number of benzene rings is 3. The highest BCUT2D eigenvalue weighted by Gasteiger charge is 2.53. The highest BCUT2D eigenvalue weighted by Crippen LogP contribution is 2.40. The van der Waals surface area contributed by atoms with Gasteiger partial charge in [-0.05, 0) is 53.9 Å². The van der Waals surface area contributed by atoms with E-state index in [1.807, 2.05) is 60.7 Å². The summed E-state index contributed by atoms with van der Waals surface area (Å²) in [5, 5.41) is 4.58. The largest absolute Gasteiger partial charge is 0.497 e. The Hall–Kier alpha value is -3.54. The van der Waals surface area contributed by atoms with Crippen LogP contribution in [0.5, 0.6) is 5.75 Å². The molecule has 0 spiro atoms. The lowest BCUT2D eigenvalue weighted by Gasteiger charge is -2.45. The summed E-state index contributed by atoms with van der Waals surface area (Å²) in [6.45, 7) is 11.8. The lowest BCUT2D eigenvalue weighted by molar-refractivity contribution is -0.153. The molecule has 1 amide bonds. The molecule has 242 valence electrons. The predicted octanol–water partition coefficient (Wildman–Crippen LogP) is 3.84. The number of rotatable bonds is 11. The molecule has 0 saturated carbocycles. The van der Waals surface area contributed by atoms with Crippen LogP contribution < -0.4 is 26.2 Å². The summed E-state index contributed by atoms with van der Waals surface area (Å²) in [4.78, 5) is 27.1. The maximum absolute atomic E-state index is 13.8. The Morgan fingerprint density at radius 1 is 0.889 bits per heavy atom. The van der Waals surface area contributed by atoms with Crippen LogP contribution in [0.25, 0.3) is 0 Å². The molecule has 4 rings (SSSR count). The molecule has 9 nitrogen and oxygen atoms in total. The van der Waals surface area contributed by atoms with Gasteiger partial charge in [0.2, 0.25) is 5.91 Å². The van der Waals surface area contributed by atoms with E-state index in [0.29, 0.717) is 5.75 Å². The third kappa shape index (κ3) is 7.31. The first-order chi connectivity index (χ1) is 21.2. The second-order valence-electron chi connectivity index (χ2n) is 12.8. The molecule has 0 radical (unpaired) electrons.